The van der Waals surface area contributed by atoms with Crippen molar-refractivity contribution in [1.29, 1.82) is 0 Å². The third-order valence-corrected chi connectivity index (χ3v) is 12.7. The van der Waals surface area contributed by atoms with Gasteiger partial charge in [-0.1, -0.05) is 176 Å². The molecule has 0 spiro atoms. The van der Waals surface area contributed by atoms with Crippen molar-refractivity contribution in [2.45, 2.75) is 0 Å². The number of benzene rings is 9. The fourth-order valence-electron chi connectivity index (χ4n) is 8.13. The minimum absolute atomic E-state index is 0.673. The molecule has 10 aromatic rings. The molecule has 3 nitrogen and oxygen atoms in total. The number of rotatable bonds is 7. The van der Waals surface area contributed by atoms with Gasteiger partial charge in [0.2, 0.25) is 0 Å². The first-order valence-corrected chi connectivity index (χ1v) is 22.2. The Balaban J connectivity index is 1.01. The van der Waals surface area contributed by atoms with Crippen molar-refractivity contribution in [3.63, 3.8) is 0 Å². The molecule has 0 fully saturated rings. The van der Waals surface area contributed by atoms with Crippen LogP contribution in [0, 0.1) is 0 Å². The Morgan fingerprint density at radius 3 is 1.62 bits per heavy atom. The van der Waals surface area contributed by atoms with Crippen LogP contribution in [0.2, 0.25) is 0 Å². The highest BCUT2D eigenvalue weighted by Crippen LogP contribution is 2.41. The van der Waals surface area contributed by atoms with Crippen molar-refractivity contribution in [1.82, 2.24) is 9.97 Å². The third-order valence-electron chi connectivity index (χ3n) is 11.2. The Hall–Kier alpha value is -6.93. The number of fused-ring (bicyclic) bond motifs is 4. The van der Waals surface area contributed by atoms with E-state index in [1.54, 1.807) is 0 Å². The molecule has 0 saturated heterocycles. The highest BCUT2D eigenvalue weighted by Gasteiger charge is 2.16. The first kappa shape index (κ1) is 35.5. The second kappa shape index (κ2) is 14.5. The lowest BCUT2D eigenvalue weighted by Crippen LogP contribution is -2.02. The predicted molar refractivity (Wildman–Crippen MR) is 246 cm³/mol. The quantitative estimate of drug-likeness (QED) is 0.0922. The van der Waals surface area contributed by atoms with Crippen LogP contribution in [-0.2, 0) is 4.57 Å². The summed E-state index contributed by atoms with van der Waals surface area (Å²) in [6.07, 6.45) is 0. The van der Waals surface area contributed by atoms with E-state index >= 15 is 0 Å². The van der Waals surface area contributed by atoms with Gasteiger partial charge in [-0.2, -0.15) is 0 Å². The van der Waals surface area contributed by atoms with Crippen molar-refractivity contribution in [2.24, 2.45) is 0 Å². The van der Waals surface area contributed by atoms with Crippen LogP contribution in [-0.4, -0.2) is 23.3 Å². The largest absolute Gasteiger partial charge is 0.319 e. The Kier molecular flexibility index (Phi) is 8.89. The highest BCUT2D eigenvalue weighted by atomic mass is 31.2. The van der Waals surface area contributed by atoms with Crippen molar-refractivity contribution in [2.75, 3.05) is 13.3 Å². The van der Waals surface area contributed by atoms with Crippen molar-refractivity contribution in [3.05, 3.63) is 200 Å². The van der Waals surface area contributed by atoms with E-state index in [9.17, 15) is 4.57 Å². The second-order valence-corrected chi connectivity index (χ2v) is 18.5. The molecule has 0 aliphatic heterocycles. The molecule has 4 heteroatoms. The van der Waals surface area contributed by atoms with Crippen LogP contribution in [0.4, 0.5) is 0 Å². The van der Waals surface area contributed by atoms with Gasteiger partial charge in [-0.15, -0.1) is 0 Å². The van der Waals surface area contributed by atoms with Crippen LogP contribution in [0.3, 0.4) is 0 Å². The van der Waals surface area contributed by atoms with Gasteiger partial charge in [0.1, 0.15) is 7.14 Å². The van der Waals surface area contributed by atoms with E-state index in [1.807, 2.05) is 49.7 Å². The van der Waals surface area contributed by atoms with Gasteiger partial charge < -0.3 is 4.57 Å². The average Bonchev–Trinajstić information content (AvgIpc) is 3.28. The summed E-state index contributed by atoms with van der Waals surface area (Å²) in [6.45, 7) is 3.63. The van der Waals surface area contributed by atoms with Gasteiger partial charge in [0.25, 0.3) is 0 Å². The molecule has 0 amide bonds. The zero-order chi connectivity index (χ0) is 39.2. The molecular weight excluding hydrogens is 724 g/mol. The summed E-state index contributed by atoms with van der Waals surface area (Å²) < 4.78 is 12.9. The first-order valence-electron chi connectivity index (χ1n) is 19.6. The van der Waals surface area contributed by atoms with Crippen LogP contribution < -0.4 is 5.30 Å². The van der Waals surface area contributed by atoms with Crippen LogP contribution in [0.5, 0.6) is 0 Å². The molecule has 10 rings (SSSR count). The fourth-order valence-corrected chi connectivity index (χ4v) is 9.03. The molecule has 0 aliphatic carbocycles. The fraction of sp³-hybridized carbons (Fsp3) is 0.0370. The Morgan fingerprint density at radius 1 is 0.345 bits per heavy atom. The van der Waals surface area contributed by atoms with E-state index in [0.717, 1.165) is 55.6 Å². The summed E-state index contributed by atoms with van der Waals surface area (Å²) in [5.41, 5.74) is 11.5. The van der Waals surface area contributed by atoms with Crippen molar-refractivity contribution in [3.8, 4) is 67.3 Å². The lowest BCUT2D eigenvalue weighted by molar-refractivity contribution is 0.588. The van der Waals surface area contributed by atoms with Crippen LogP contribution in [0.1, 0.15) is 0 Å². The summed E-state index contributed by atoms with van der Waals surface area (Å²) in [5, 5.41) is 8.44. The van der Waals surface area contributed by atoms with Gasteiger partial charge in [-0.25, -0.2) is 9.97 Å². The Labute approximate surface area is 338 Å². The molecule has 0 radical (unpaired) electrons. The minimum atomic E-state index is -2.40. The van der Waals surface area contributed by atoms with Crippen LogP contribution in [0.25, 0.3) is 99.6 Å². The maximum atomic E-state index is 12.9. The summed E-state index contributed by atoms with van der Waals surface area (Å²) in [4.78, 5) is 10.2. The van der Waals surface area contributed by atoms with Gasteiger partial charge in [0, 0.05) is 22.0 Å². The molecular formula is C54H39N2OP. The smallest absolute Gasteiger partial charge is 0.160 e. The van der Waals surface area contributed by atoms with Gasteiger partial charge >= 0.3 is 0 Å². The monoisotopic (exact) mass is 762 g/mol. The number of aromatic nitrogens is 2. The summed E-state index contributed by atoms with van der Waals surface area (Å²) in [5.74, 6) is 0.673. The van der Waals surface area contributed by atoms with E-state index < -0.39 is 7.14 Å². The normalized spacial score (nSPS) is 11.7. The third kappa shape index (κ3) is 6.70. The SMILES string of the molecule is CP(C)(=O)c1cccc(-c2cccc(-c3cc(-c4ccc(-c5ccc(-c6c7ccccc7cc7c6ccc6ccccc67)cc5)cc4)nc(-c4ccccc4)n3)c2)c1. The maximum absolute atomic E-state index is 12.9. The molecule has 0 unspecified atom stereocenters. The average molecular weight is 763 g/mol. The molecule has 9 aromatic carbocycles. The Bertz CT molecular complexity index is 3200. The van der Waals surface area contributed by atoms with Gasteiger partial charge in [0.05, 0.1) is 11.4 Å². The zero-order valence-electron chi connectivity index (χ0n) is 32.3. The molecule has 0 aliphatic rings. The molecule has 0 N–H and O–H groups in total. The number of hydrogen-bond donors (Lipinski definition) is 0. The molecule has 0 saturated carbocycles. The van der Waals surface area contributed by atoms with Gasteiger partial charge in [0.15, 0.2) is 5.82 Å². The predicted octanol–water partition coefficient (Wildman–Crippen LogP) is 14.2. The first-order chi connectivity index (χ1) is 28.4. The summed E-state index contributed by atoms with van der Waals surface area (Å²) in [7, 11) is -2.40. The summed E-state index contributed by atoms with van der Waals surface area (Å²) >= 11 is 0. The number of nitrogens with zero attached hydrogens (tertiary/aromatic N) is 2. The van der Waals surface area contributed by atoms with Gasteiger partial charge in [-0.05, 0) is 103 Å². The van der Waals surface area contributed by atoms with Crippen LogP contribution >= 0.6 is 7.14 Å². The van der Waals surface area contributed by atoms with Crippen molar-refractivity contribution >= 4 is 44.8 Å². The molecule has 0 atom stereocenters. The molecule has 0 bridgehead atoms. The minimum Gasteiger partial charge on any atom is -0.319 e. The van der Waals surface area contributed by atoms with Gasteiger partial charge in [-0.3, -0.25) is 0 Å². The van der Waals surface area contributed by atoms with E-state index in [4.69, 9.17) is 9.97 Å². The topological polar surface area (TPSA) is 42.9 Å². The zero-order valence-corrected chi connectivity index (χ0v) is 33.2. The van der Waals surface area contributed by atoms with Crippen LogP contribution in [0.15, 0.2) is 200 Å². The van der Waals surface area contributed by atoms with E-state index in [-0.39, 0.29) is 0 Å². The molecule has 58 heavy (non-hydrogen) atoms. The summed E-state index contributed by atoms with van der Waals surface area (Å²) in [6, 6.07) is 70.6. The van der Waals surface area contributed by atoms with E-state index in [0.29, 0.717) is 5.82 Å². The molecule has 276 valence electrons. The van der Waals surface area contributed by atoms with Crippen molar-refractivity contribution < 1.29 is 4.57 Å². The maximum Gasteiger partial charge on any atom is 0.160 e. The molecule has 1 heterocycles. The van der Waals surface area contributed by atoms with E-state index in [2.05, 4.69) is 164 Å². The Morgan fingerprint density at radius 2 is 0.897 bits per heavy atom. The second-order valence-electron chi connectivity index (χ2n) is 15.3. The van der Waals surface area contributed by atoms with E-state index in [1.165, 1.54) is 43.4 Å². The lowest BCUT2D eigenvalue weighted by atomic mass is 9.89. The lowest BCUT2D eigenvalue weighted by Gasteiger charge is -2.14. The highest BCUT2D eigenvalue weighted by molar-refractivity contribution is 7.70. The number of hydrogen-bond acceptors (Lipinski definition) is 3. The standard InChI is InChI=1S/C54H39N2OP/c1-58(2,57)46-19-11-17-43(33-46)42-16-10-18-45(32-42)52-35-51(55-54(56-52)41-13-4-3-5-14-41)39-26-22-36(23-27-39)37-24-28-40(29-25-37)53-48-21-9-7-15-44(48)34-50-47-20-8-6-12-38(47)30-31-49(50)53/h3-35H,1-2H3. The molecule has 1 aromatic heterocycles.